The summed E-state index contributed by atoms with van der Waals surface area (Å²) in [6.45, 7) is 5.14. The van der Waals surface area contributed by atoms with E-state index in [2.05, 4.69) is 24.4 Å². The zero-order valence-electron chi connectivity index (χ0n) is 15.7. The summed E-state index contributed by atoms with van der Waals surface area (Å²) < 4.78 is 10.0. The summed E-state index contributed by atoms with van der Waals surface area (Å²) in [6.07, 6.45) is 9.23. The lowest BCUT2D eigenvalue weighted by atomic mass is 9.71. The van der Waals surface area contributed by atoms with Crippen molar-refractivity contribution in [1.82, 2.24) is 5.32 Å². The van der Waals surface area contributed by atoms with Crippen LogP contribution in [-0.4, -0.2) is 47.3 Å². The second-order valence-corrected chi connectivity index (χ2v) is 7.30. The van der Waals surface area contributed by atoms with Crippen LogP contribution < -0.4 is 5.32 Å². The molecule has 7 nitrogen and oxygen atoms in total. The molecule has 0 aromatic heterocycles. The van der Waals surface area contributed by atoms with Crippen molar-refractivity contribution in [2.45, 2.75) is 64.0 Å². The van der Waals surface area contributed by atoms with E-state index in [-0.39, 0.29) is 31.3 Å². The van der Waals surface area contributed by atoms with Gasteiger partial charge in [0.25, 0.3) is 0 Å². The van der Waals surface area contributed by atoms with E-state index in [0.717, 1.165) is 5.92 Å². The minimum atomic E-state index is -1.34. The third kappa shape index (κ3) is 3.63. The number of nitrogens with one attached hydrogen (secondary N) is 1. The van der Waals surface area contributed by atoms with Crippen LogP contribution in [0.2, 0.25) is 0 Å². The minimum Gasteiger partial charge on any atom is -0.466 e. The van der Waals surface area contributed by atoms with Crippen molar-refractivity contribution in [2.75, 3.05) is 13.2 Å². The summed E-state index contributed by atoms with van der Waals surface area (Å²) in [7, 11) is 0. The highest BCUT2D eigenvalue weighted by molar-refractivity contribution is 6.01. The molecule has 0 radical (unpaired) electrons. The summed E-state index contributed by atoms with van der Waals surface area (Å²) in [6, 6.07) is 0. The van der Waals surface area contributed by atoms with Crippen LogP contribution in [-0.2, 0) is 23.9 Å². The Hall–Kier alpha value is -1.89. The highest BCUT2D eigenvalue weighted by Crippen LogP contribution is 2.49. The summed E-state index contributed by atoms with van der Waals surface area (Å²) in [4.78, 5) is 34.4. The molecule has 0 unspecified atom stereocenters. The summed E-state index contributed by atoms with van der Waals surface area (Å²) in [5, 5.41) is 11.9. The number of amides is 1. The van der Waals surface area contributed by atoms with Gasteiger partial charge >= 0.3 is 11.9 Å². The van der Waals surface area contributed by atoms with Gasteiger partial charge in [-0.05, 0) is 38.5 Å². The Morgan fingerprint density at radius 2 is 2.19 bits per heavy atom. The topological polar surface area (TPSA) is 102 Å². The number of aliphatic hydroxyl groups is 1. The van der Waals surface area contributed by atoms with E-state index in [1.807, 2.05) is 0 Å². The van der Waals surface area contributed by atoms with Crippen LogP contribution in [0.15, 0.2) is 12.2 Å². The molecule has 2 fully saturated rings. The Morgan fingerprint density at radius 3 is 2.62 bits per heavy atom. The molecule has 146 valence electrons. The van der Waals surface area contributed by atoms with Crippen molar-refractivity contribution in [3.63, 3.8) is 0 Å². The van der Waals surface area contributed by atoms with Gasteiger partial charge in [-0.3, -0.25) is 9.59 Å². The first-order chi connectivity index (χ1) is 12.3. The summed E-state index contributed by atoms with van der Waals surface area (Å²) >= 11 is 0. The Labute approximate surface area is 154 Å². The number of allylic oxidation sites excluding steroid dienone is 2. The standard InChI is InChI=1S/C12H17NO6.C7H12/c1-3-8(15)18-5-4-7-9(16)13-12(6-14)10(17)19-11(7,12)2;1-7-5-3-2-4-6-7/h7,14H,3-6H2,1-2H3,(H,13,16);3,5,7H,2,4,6H2,1H3/t7-,11-,12-;7-/m01/s1. The zero-order valence-corrected chi connectivity index (χ0v) is 15.7. The number of aliphatic hydroxyl groups excluding tert-OH is 1. The molecular weight excluding hydrogens is 338 g/mol. The van der Waals surface area contributed by atoms with Gasteiger partial charge in [0, 0.05) is 6.42 Å². The maximum Gasteiger partial charge on any atom is 0.339 e. The van der Waals surface area contributed by atoms with E-state index in [1.165, 1.54) is 19.3 Å². The van der Waals surface area contributed by atoms with Gasteiger partial charge in [-0.25, -0.2) is 4.79 Å². The van der Waals surface area contributed by atoms with Gasteiger partial charge in [0.2, 0.25) is 11.4 Å². The van der Waals surface area contributed by atoms with Crippen molar-refractivity contribution in [1.29, 1.82) is 0 Å². The molecule has 1 amide bonds. The van der Waals surface area contributed by atoms with Gasteiger partial charge in [-0.1, -0.05) is 26.0 Å². The Kier molecular flexibility index (Phi) is 6.44. The van der Waals surface area contributed by atoms with Crippen LogP contribution in [0.1, 0.15) is 52.9 Å². The first-order valence-electron chi connectivity index (χ1n) is 9.29. The SMILES string of the molecule is CCC(=O)OCC[C@H]1C(=O)N[C@@]2(CO)C(=O)O[C@@]12C.C[C@@H]1C=CCCC1. The third-order valence-electron chi connectivity index (χ3n) is 5.51. The Morgan fingerprint density at radius 1 is 1.46 bits per heavy atom. The number of rotatable bonds is 5. The lowest BCUT2D eigenvalue weighted by molar-refractivity contribution is -0.225. The number of hydrogen-bond acceptors (Lipinski definition) is 6. The molecule has 26 heavy (non-hydrogen) atoms. The van der Waals surface area contributed by atoms with Gasteiger partial charge in [-0.15, -0.1) is 0 Å². The molecule has 7 heteroatoms. The van der Waals surface area contributed by atoms with Crippen LogP contribution in [0, 0.1) is 11.8 Å². The second-order valence-electron chi connectivity index (χ2n) is 7.30. The first-order valence-corrected chi connectivity index (χ1v) is 9.29. The molecule has 1 aliphatic carbocycles. The Balaban J connectivity index is 0.000000290. The smallest absolute Gasteiger partial charge is 0.339 e. The number of fused-ring (bicyclic) bond motifs is 1. The van der Waals surface area contributed by atoms with Crippen molar-refractivity contribution in [3.05, 3.63) is 12.2 Å². The highest BCUT2D eigenvalue weighted by Gasteiger charge is 2.76. The summed E-state index contributed by atoms with van der Waals surface area (Å²) in [5.41, 5.74) is -2.42. The normalized spacial score (nSPS) is 34.6. The largest absolute Gasteiger partial charge is 0.466 e. The highest BCUT2D eigenvalue weighted by atomic mass is 16.6. The molecule has 4 atom stereocenters. The van der Waals surface area contributed by atoms with Crippen LogP contribution in [0.3, 0.4) is 0 Å². The fourth-order valence-corrected chi connectivity index (χ4v) is 3.66. The van der Waals surface area contributed by atoms with Gasteiger partial charge in [0.1, 0.15) is 0 Å². The quantitative estimate of drug-likeness (QED) is 0.564. The molecule has 3 aliphatic rings. The maximum atomic E-state index is 11.9. The van der Waals surface area contributed by atoms with E-state index in [9.17, 15) is 19.5 Å². The molecule has 3 rings (SSSR count). The van der Waals surface area contributed by atoms with E-state index in [0.29, 0.717) is 0 Å². The fraction of sp³-hybridized carbons (Fsp3) is 0.737. The van der Waals surface area contributed by atoms with Crippen LogP contribution >= 0.6 is 0 Å². The number of hydrogen-bond donors (Lipinski definition) is 2. The number of ether oxygens (including phenoxy) is 2. The average molecular weight is 367 g/mol. The molecule has 2 saturated heterocycles. The van der Waals surface area contributed by atoms with E-state index >= 15 is 0 Å². The van der Waals surface area contributed by atoms with Gasteiger partial charge in [-0.2, -0.15) is 0 Å². The first kappa shape index (κ1) is 20.4. The van der Waals surface area contributed by atoms with E-state index in [1.54, 1.807) is 13.8 Å². The van der Waals surface area contributed by atoms with Gasteiger partial charge < -0.3 is 19.9 Å². The summed E-state index contributed by atoms with van der Waals surface area (Å²) in [5.74, 6) is -1.10. The number of carbonyl (C=O) groups is 3. The minimum absolute atomic E-state index is 0.0827. The molecule has 0 bridgehead atoms. The third-order valence-corrected chi connectivity index (χ3v) is 5.51. The fourth-order valence-electron chi connectivity index (χ4n) is 3.66. The molecule has 2 N–H and O–H groups in total. The molecule has 2 heterocycles. The molecule has 0 saturated carbocycles. The van der Waals surface area contributed by atoms with Crippen molar-refractivity contribution >= 4 is 17.8 Å². The van der Waals surface area contributed by atoms with Crippen LogP contribution in [0.25, 0.3) is 0 Å². The molecule has 0 aromatic rings. The Bertz CT molecular complexity index is 589. The number of carbonyl (C=O) groups excluding carboxylic acids is 3. The van der Waals surface area contributed by atoms with E-state index in [4.69, 9.17) is 9.47 Å². The average Bonchev–Trinajstić information content (AvgIpc) is 2.79. The molecule has 2 aliphatic heterocycles. The van der Waals surface area contributed by atoms with Crippen LogP contribution in [0.4, 0.5) is 0 Å². The maximum absolute atomic E-state index is 11.9. The van der Waals surface area contributed by atoms with Gasteiger partial charge in [0.15, 0.2) is 5.60 Å². The predicted molar refractivity (Wildman–Crippen MR) is 94.0 cm³/mol. The van der Waals surface area contributed by atoms with Crippen LogP contribution in [0.5, 0.6) is 0 Å². The zero-order chi connectivity index (χ0) is 19.4. The lowest BCUT2D eigenvalue weighted by Crippen LogP contribution is -2.76. The van der Waals surface area contributed by atoms with Gasteiger partial charge in [0.05, 0.1) is 19.1 Å². The monoisotopic (exact) mass is 367 g/mol. The van der Waals surface area contributed by atoms with E-state index < -0.39 is 29.6 Å². The second kappa shape index (κ2) is 8.20. The number of esters is 2. The van der Waals surface area contributed by atoms with Crippen molar-refractivity contribution in [2.24, 2.45) is 11.8 Å². The predicted octanol–water partition coefficient (Wildman–Crippen LogP) is 1.48. The van der Waals surface area contributed by atoms with Crippen molar-refractivity contribution < 1.29 is 29.0 Å². The molecule has 0 aromatic carbocycles. The molecule has 0 spiro atoms. The molecular formula is C19H29NO6. The lowest BCUT2D eigenvalue weighted by Gasteiger charge is -2.50. The van der Waals surface area contributed by atoms with Crippen molar-refractivity contribution in [3.8, 4) is 0 Å².